The number of nitrogens with one attached hydrogen (secondary N) is 2. The molecule has 0 saturated carbocycles. The molecule has 2 N–H and O–H groups in total. The summed E-state index contributed by atoms with van der Waals surface area (Å²) in [6, 6.07) is 12.8. The normalized spacial score (nSPS) is 13.1. The van der Waals surface area contributed by atoms with E-state index in [0.717, 1.165) is 0 Å². The molecule has 1 atom stereocenters. The SMILES string of the molecule is CC(Oc1cccc(Cl)c1)C(=O)Nc1cccc(S(=O)(=O)NC(C)(C)C)c1. The van der Waals surface area contributed by atoms with Gasteiger partial charge in [0.1, 0.15) is 5.75 Å². The summed E-state index contributed by atoms with van der Waals surface area (Å²) in [7, 11) is -3.70. The van der Waals surface area contributed by atoms with Gasteiger partial charge in [-0.15, -0.1) is 0 Å². The van der Waals surface area contributed by atoms with E-state index in [-0.39, 0.29) is 4.90 Å². The number of benzene rings is 2. The summed E-state index contributed by atoms with van der Waals surface area (Å²) in [6.45, 7) is 6.86. The van der Waals surface area contributed by atoms with Gasteiger partial charge in [0.25, 0.3) is 5.91 Å². The molecule has 0 aliphatic heterocycles. The van der Waals surface area contributed by atoms with E-state index in [1.807, 2.05) is 0 Å². The molecular weight excluding hydrogens is 388 g/mol. The Hall–Kier alpha value is -2.09. The van der Waals surface area contributed by atoms with E-state index in [9.17, 15) is 13.2 Å². The number of sulfonamides is 1. The Morgan fingerprint density at radius 2 is 1.78 bits per heavy atom. The summed E-state index contributed by atoms with van der Waals surface area (Å²) in [6.07, 6.45) is -0.795. The van der Waals surface area contributed by atoms with Gasteiger partial charge in [0.2, 0.25) is 10.0 Å². The Kier molecular flexibility index (Phi) is 6.51. The van der Waals surface area contributed by atoms with Crippen LogP contribution in [0.5, 0.6) is 5.75 Å². The van der Waals surface area contributed by atoms with Gasteiger partial charge in [0, 0.05) is 16.2 Å². The smallest absolute Gasteiger partial charge is 0.265 e. The van der Waals surface area contributed by atoms with Crippen LogP contribution in [0.4, 0.5) is 5.69 Å². The Morgan fingerprint density at radius 3 is 2.41 bits per heavy atom. The van der Waals surface area contributed by atoms with Crippen LogP contribution >= 0.6 is 11.6 Å². The molecule has 0 fully saturated rings. The van der Waals surface area contributed by atoms with Crippen molar-refractivity contribution >= 4 is 33.2 Å². The van der Waals surface area contributed by atoms with Crippen LogP contribution in [0.3, 0.4) is 0 Å². The number of amides is 1. The molecular formula is C19H23ClN2O4S. The van der Waals surface area contributed by atoms with Crippen molar-refractivity contribution in [3.8, 4) is 5.75 Å². The lowest BCUT2D eigenvalue weighted by Gasteiger charge is -2.20. The van der Waals surface area contributed by atoms with Gasteiger partial charge in [-0.25, -0.2) is 13.1 Å². The summed E-state index contributed by atoms with van der Waals surface area (Å²) in [5.41, 5.74) is -0.254. The summed E-state index contributed by atoms with van der Waals surface area (Å²) in [4.78, 5) is 12.4. The number of carbonyl (C=O) groups is 1. The van der Waals surface area contributed by atoms with E-state index in [2.05, 4.69) is 10.0 Å². The van der Waals surface area contributed by atoms with Crippen molar-refractivity contribution in [1.82, 2.24) is 4.72 Å². The molecule has 2 aromatic carbocycles. The van der Waals surface area contributed by atoms with Crippen molar-refractivity contribution in [2.45, 2.75) is 44.2 Å². The van der Waals surface area contributed by atoms with Gasteiger partial charge in [0.15, 0.2) is 6.10 Å². The standard InChI is InChI=1S/C19H23ClN2O4S/c1-13(26-16-9-5-7-14(20)11-16)18(23)21-15-8-6-10-17(12-15)27(24,25)22-19(2,3)4/h5-13,22H,1-4H3,(H,21,23). The second kappa shape index (κ2) is 8.29. The number of anilines is 1. The highest BCUT2D eigenvalue weighted by Crippen LogP contribution is 2.20. The second-order valence-electron chi connectivity index (χ2n) is 7.09. The zero-order chi connectivity index (χ0) is 20.2. The largest absolute Gasteiger partial charge is 0.481 e. The number of rotatable bonds is 6. The molecule has 0 saturated heterocycles. The summed E-state index contributed by atoms with van der Waals surface area (Å²) >= 11 is 5.90. The first-order valence-electron chi connectivity index (χ1n) is 8.33. The minimum Gasteiger partial charge on any atom is -0.481 e. The van der Waals surface area contributed by atoms with Gasteiger partial charge in [-0.2, -0.15) is 0 Å². The maximum atomic E-state index is 12.4. The first-order valence-corrected chi connectivity index (χ1v) is 10.2. The highest BCUT2D eigenvalue weighted by molar-refractivity contribution is 7.89. The molecule has 2 aromatic rings. The lowest BCUT2D eigenvalue weighted by Crippen LogP contribution is -2.40. The number of hydrogen-bond donors (Lipinski definition) is 2. The maximum absolute atomic E-state index is 12.4. The fraction of sp³-hybridized carbons (Fsp3) is 0.316. The molecule has 0 bridgehead atoms. The number of halogens is 1. The van der Waals surface area contributed by atoms with Crippen LogP contribution in [0.25, 0.3) is 0 Å². The van der Waals surface area contributed by atoms with Crippen LogP contribution < -0.4 is 14.8 Å². The molecule has 27 heavy (non-hydrogen) atoms. The fourth-order valence-corrected chi connectivity index (χ4v) is 3.89. The Morgan fingerprint density at radius 1 is 1.11 bits per heavy atom. The number of hydrogen-bond acceptors (Lipinski definition) is 4. The summed E-state index contributed by atoms with van der Waals surface area (Å²) in [5.74, 6) is 0.0594. The van der Waals surface area contributed by atoms with Gasteiger partial charge in [-0.3, -0.25) is 4.79 Å². The van der Waals surface area contributed by atoms with Gasteiger partial charge in [-0.05, 0) is 64.1 Å². The Bertz CT molecular complexity index is 923. The highest BCUT2D eigenvalue weighted by Gasteiger charge is 2.22. The Labute approximate surface area is 164 Å². The zero-order valence-corrected chi connectivity index (χ0v) is 17.2. The maximum Gasteiger partial charge on any atom is 0.265 e. The highest BCUT2D eigenvalue weighted by atomic mass is 35.5. The number of ether oxygens (including phenoxy) is 1. The molecule has 6 nitrogen and oxygen atoms in total. The van der Waals surface area contributed by atoms with Crippen LogP contribution in [0.2, 0.25) is 5.02 Å². The van der Waals surface area contributed by atoms with E-state index in [1.54, 1.807) is 64.1 Å². The lowest BCUT2D eigenvalue weighted by molar-refractivity contribution is -0.122. The van der Waals surface area contributed by atoms with Gasteiger partial charge < -0.3 is 10.1 Å². The van der Waals surface area contributed by atoms with E-state index >= 15 is 0 Å². The molecule has 0 radical (unpaired) electrons. The zero-order valence-electron chi connectivity index (χ0n) is 15.6. The van der Waals surface area contributed by atoms with Crippen molar-refractivity contribution in [2.75, 3.05) is 5.32 Å². The van der Waals surface area contributed by atoms with Crippen LogP contribution in [0, 0.1) is 0 Å². The van der Waals surface area contributed by atoms with E-state index in [1.165, 1.54) is 12.1 Å². The third-order valence-corrected chi connectivity index (χ3v) is 5.32. The third-order valence-electron chi connectivity index (χ3n) is 3.33. The van der Waals surface area contributed by atoms with Crippen LogP contribution in [0.15, 0.2) is 53.4 Å². The summed E-state index contributed by atoms with van der Waals surface area (Å²) < 4.78 is 33.0. The van der Waals surface area contributed by atoms with Gasteiger partial charge in [-0.1, -0.05) is 23.7 Å². The quantitative estimate of drug-likeness (QED) is 0.758. The molecule has 0 aliphatic rings. The van der Waals surface area contributed by atoms with E-state index in [4.69, 9.17) is 16.3 Å². The number of carbonyl (C=O) groups excluding carboxylic acids is 1. The van der Waals surface area contributed by atoms with Gasteiger partial charge >= 0.3 is 0 Å². The molecule has 8 heteroatoms. The average Bonchev–Trinajstić information content (AvgIpc) is 2.53. The molecule has 146 valence electrons. The van der Waals surface area contributed by atoms with Gasteiger partial charge in [0.05, 0.1) is 4.90 Å². The molecule has 0 aromatic heterocycles. The van der Waals surface area contributed by atoms with Crippen LogP contribution in [-0.2, 0) is 14.8 Å². The van der Waals surface area contributed by atoms with Crippen molar-refractivity contribution in [1.29, 1.82) is 0 Å². The molecule has 1 amide bonds. The minimum absolute atomic E-state index is 0.0682. The fourth-order valence-electron chi connectivity index (χ4n) is 2.24. The first kappa shape index (κ1) is 21.2. The monoisotopic (exact) mass is 410 g/mol. The van der Waals surface area contributed by atoms with Crippen molar-refractivity contribution in [3.63, 3.8) is 0 Å². The Balaban J connectivity index is 2.10. The molecule has 0 aliphatic carbocycles. The topological polar surface area (TPSA) is 84.5 Å². The second-order valence-corrected chi connectivity index (χ2v) is 9.21. The van der Waals surface area contributed by atoms with Crippen LogP contribution in [0.1, 0.15) is 27.7 Å². The minimum atomic E-state index is -3.70. The molecule has 2 rings (SSSR count). The van der Waals surface area contributed by atoms with Crippen LogP contribution in [-0.4, -0.2) is 26.0 Å². The first-order chi connectivity index (χ1) is 12.5. The lowest BCUT2D eigenvalue weighted by atomic mass is 10.1. The molecule has 1 unspecified atom stereocenters. The van der Waals surface area contributed by atoms with Crippen molar-refractivity contribution < 1.29 is 17.9 Å². The van der Waals surface area contributed by atoms with E-state index in [0.29, 0.717) is 16.5 Å². The summed E-state index contributed by atoms with van der Waals surface area (Å²) in [5, 5.41) is 3.17. The predicted molar refractivity (Wildman–Crippen MR) is 107 cm³/mol. The van der Waals surface area contributed by atoms with Crippen molar-refractivity contribution in [3.05, 3.63) is 53.6 Å². The molecule has 0 spiro atoms. The molecule has 0 heterocycles. The predicted octanol–water partition coefficient (Wildman–Crippen LogP) is 3.82. The van der Waals surface area contributed by atoms with E-state index < -0.39 is 27.6 Å². The van der Waals surface area contributed by atoms with Crippen molar-refractivity contribution in [2.24, 2.45) is 0 Å². The average molecular weight is 411 g/mol. The third kappa shape index (κ3) is 6.53.